The third-order valence-electron chi connectivity index (χ3n) is 4.16. The van der Waals surface area contributed by atoms with Crippen molar-refractivity contribution in [3.05, 3.63) is 76.0 Å². The van der Waals surface area contributed by atoms with Gasteiger partial charge in [-0.1, -0.05) is 0 Å². The van der Waals surface area contributed by atoms with Gasteiger partial charge in [-0.25, -0.2) is 0 Å². The summed E-state index contributed by atoms with van der Waals surface area (Å²) < 4.78 is 10.9. The average molecular weight is 419 g/mol. The zero-order valence-corrected chi connectivity index (χ0v) is 16.4. The van der Waals surface area contributed by atoms with Gasteiger partial charge in [0.2, 0.25) is 0 Å². The van der Waals surface area contributed by atoms with E-state index in [4.69, 9.17) is 9.15 Å². The summed E-state index contributed by atoms with van der Waals surface area (Å²) in [5, 5.41) is 32.9. The Bertz CT molecular complexity index is 1190. The molecule has 3 rings (SSSR count). The Morgan fingerprint density at radius 1 is 1.26 bits per heavy atom. The first-order valence-electron chi connectivity index (χ1n) is 9.15. The van der Waals surface area contributed by atoms with E-state index in [9.17, 15) is 25.3 Å². The maximum Gasteiger partial charge on any atom is 0.270 e. The lowest BCUT2D eigenvalue weighted by atomic mass is 10.1. The van der Waals surface area contributed by atoms with Crippen molar-refractivity contribution in [2.24, 2.45) is 0 Å². The van der Waals surface area contributed by atoms with Gasteiger partial charge in [-0.15, -0.1) is 0 Å². The van der Waals surface area contributed by atoms with Crippen LogP contribution in [-0.2, 0) is 4.79 Å². The van der Waals surface area contributed by atoms with Gasteiger partial charge in [-0.2, -0.15) is 5.26 Å². The maximum atomic E-state index is 12.4. The lowest BCUT2D eigenvalue weighted by Gasteiger charge is -2.06. The summed E-state index contributed by atoms with van der Waals surface area (Å²) in [5.41, 5.74) is 0.175. The summed E-state index contributed by atoms with van der Waals surface area (Å²) in [6.07, 6.45) is 1.24. The zero-order chi connectivity index (χ0) is 22.4. The number of nitro groups is 1. The predicted molar refractivity (Wildman–Crippen MR) is 112 cm³/mol. The fourth-order valence-corrected chi connectivity index (χ4v) is 2.70. The molecule has 9 nitrogen and oxygen atoms in total. The lowest BCUT2D eigenvalue weighted by molar-refractivity contribution is -0.384. The summed E-state index contributed by atoms with van der Waals surface area (Å²) in [6, 6.07) is 15.0. The Morgan fingerprint density at radius 2 is 2.00 bits per heavy atom. The van der Waals surface area contributed by atoms with Crippen molar-refractivity contribution in [2.45, 2.75) is 6.92 Å². The molecule has 0 radical (unpaired) electrons. The Labute approximate surface area is 177 Å². The van der Waals surface area contributed by atoms with E-state index in [1.165, 1.54) is 36.4 Å². The maximum absolute atomic E-state index is 12.4. The topological polar surface area (TPSA) is 139 Å². The van der Waals surface area contributed by atoms with E-state index in [1.54, 1.807) is 24.3 Å². The van der Waals surface area contributed by atoms with E-state index in [0.717, 1.165) is 0 Å². The van der Waals surface area contributed by atoms with Gasteiger partial charge < -0.3 is 19.6 Å². The molecule has 2 aromatic carbocycles. The van der Waals surface area contributed by atoms with E-state index in [0.29, 0.717) is 18.0 Å². The van der Waals surface area contributed by atoms with Crippen molar-refractivity contribution in [1.29, 1.82) is 5.26 Å². The molecule has 1 aromatic heterocycles. The van der Waals surface area contributed by atoms with Crippen molar-refractivity contribution in [3.63, 3.8) is 0 Å². The van der Waals surface area contributed by atoms with Crippen LogP contribution in [-0.4, -0.2) is 22.5 Å². The summed E-state index contributed by atoms with van der Waals surface area (Å²) in [6.45, 7) is 2.38. The van der Waals surface area contributed by atoms with E-state index in [2.05, 4.69) is 5.32 Å². The van der Waals surface area contributed by atoms with E-state index < -0.39 is 10.8 Å². The molecule has 31 heavy (non-hydrogen) atoms. The highest BCUT2D eigenvalue weighted by Gasteiger charge is 2.16. The molecule has 3 aromatic rings. The number of aromatic hydroxyl groups is 1. The number of nitriles is 1. The number of hydrogen-bond donors (Lipinski definition) is 2. The molecule has 156 valence electrons. The molecule has 0 bridgehead atoms. The molecule has 0 saturated heterocycles. The molecule has 0 saturated carbocycles. The summed E-state index contributed by atoms with van der Waals surface area (Å²) in [5.74, 6) is 0.132. The van der Waals surface area contributed by atoms with E-state index in [-0.39, 0.29) is 34.1 Å². The van der Waals surface area contributed by atoms with Crippen LogP contribution in [0.4, 0.5) is 11.4 Å². The van der Waals surface area contributed by atoms with Crippen LogP contribution in [0.2, 0.25) is 0 Å². The number of phenols is 1. The Balaban J connectivity index is 1.80. The number of rotatable bonds is 7. The van der Waals surface area contributed by atoms with Gasteiger partial charge in [0.15, 0.2) is 0 Å². The van der Waals surface area contributed by atoms with Crippen LogP contribution >= 0.6 is 0 Å². The number of benzene rings is 2. The van der Waals surface area contributed by atoms with Crippen molar-refractivity contribution < 1.29 is 24.0 Å². The van der Waals surface area contributed by atoms with Crippen LogP contribution in [0.1, 0.15) is 12.7 Å². The van der Waals surface area contributed by atoms with Crippen LogP contribution in [0.15, 0.2) is 64.6 Å². The smallest absolute Gasteiger partial charge is 0.270 e. The lowest BCUT2D eigenvalue weighted by Crippen LogP contribution is -2.13. The molecular weight excluding hydrogens is 402 g/mol. The summed E-state index contributed by atoms with van der Waals surface area (Å²) >= 11 is 0. The largest absolute Gasteiger partial charge is 0.507 e. The minimum absolute atomic E-state index is 0.117. The van der Waals surface area contributed by atoms with Gasteiger partial charge in [0.25, 0.3) is 11.6 Å². The monoisotopic (exact) mass is 419 g/mol. The van der Waals surface area contributed by atoms with Crippen LogP contribution in [0.25, 0.3) is 17.4 Å². The second-order valence-electron chi connectivity index (χ2n) is 6.24. The molecule has 2 N–H and O–H groups in total. The third kappa shape index (κ3) is 5.07. The first kappa shape index (κ1) is 21.1. The van der Waals surface area contributed by atoms with Crippen LogP contribution in [0.5, 0.6) is 11.5 Å². The number of phenolic OH excluding ortho intramolecular Hbond substituents is 1. The zero-order valence-electron chi connectivity index (χ0n) is 16.4. The standard InChI is InChI=1S/C22H17N3O6/c1-2-30-17-6-3-15(4-7-17)24-22(27)14(13-23)11-18-8-10-21(31-18)19-12-16(25(28)29)5-9-20(19)26/h3-12,26H,2H2,1H3,(H,24,27)/b14-11-. The Kier molecular flexibility index (Phi) is 6.33. The Hall–Kier alpha value is -4.58. The number of carbonyl (C=O) groups is 1. The van der Waals surface area contributed by atoms with Gasteiger partial charge in [-0.3, -0.25) is 14.9 Å². The van der Waals surface area contributed by atoms with E-state index >= 15 is 0 Å². The summed E-state index contributed by atoms with van der Waals surface area (Å²) in [4.78, 5) is 22.8. The average Bonchev–Trinajstić information content (AvgIpc) is 3.22. The van der Waals surface area contributed by atoms with Crippen molar-refractivity contribution in [3.8, 4) is 28.9 Å². The fraction of sp³-hybridized carbons (Fsp3) is 0.0909. The van der Waals surface area contributed by atoms with Crippen molar-refractivity contribution in [1.82, 2.24) is 0 Å². The van der Waals surface area contributed by atoms with E-state index in [1.807, 2.05) is 13.0 Å². The molecule has 0 atom stereocenters. The van der Waals surface area contributed by atoms with Gasteiger partial charge in [-0.05, 0) is 49.4 Å². The molecule has 0 aliphatic rings. The summed E-state index contributed by atoms with van der Waals surface area (Å²) in [7, 11) is 0. The molecule has 9 heteroatoms. The molecule has 1 amide bonds. The highest BCUT2D eigenvalue weighted by atomic mass is 16.6. The fourth-order valence-electron chi connectivity index (χ4n) is 2.70. The first-order chi connectivity index (χ1) is 14.9. The van der Waals surface area contributed by atoms with Crippen LogP contribution < -0.4 is 10.1 Å². The highest BCUT2D eigenvalue weighted by molar-refractivity contribution is 6.09. The third-order valence-corrected chi connectivity index (χ3v) is 4.16. The quantitative estimate of drug-likeness (QED) is 0.249. The number of furan rings is 1. The Morgan fingerprint density at radius 3 is 2.65 bits per heavy atom. The molecule has 1 heterocycles. The van der Waals surface area contributed by atoms with Gasteiger partial charge in [0.05, 0.1) is 17.1 Å². The van der Waals surface area contributed by atoms with Gasteiger partial charge in [0, 0.05) is 23.9 Å². The number of non-ortho nitro benzene ring substituents is 1. The predicted octanol–water partition coefficient (Wildman–Crippen LogP) is 4.50. The first-order valence-corrected chi connectivity index (χ1v) is 9.15. The molecule has 0 aliphatic carbocycles. The number of nitrogens with zero attached hydrogens (tertiary/aromatic N) is 2. The molecule has 0 fully saturated rings. The number of amides is 1. The van der Waals surface area contributed by atoms with Crippen LogP contribution in [0.3, 0.4) is 0 Å². The van der Waals surface area contributed by atoms with Crippen molar-refractivity contribution >= 4 is 23.4 Å². The molecule has 0 unspecified atom stereocenters. The van der Waals surface area contributed by atoms with Crippen molar-refractivity contribution in [2.75, 3.05) is 11.9 Å². The molecule has 0 aliphatic heterocycles. The minimum Gasteiger partial charge on any atom is -0.507 e. The second-order valence-corrected chi connectivity index (χ2v) is 6.24. The number of nitro benzene ring substituents is 1. The highest BCUT2D eigenvalue weighted by Crippen LogP contribution is 2.34. The number of anilines is 1. The van der Waals surface area contributed by atoms with Gasteiger partial charge in [0.1, 0.15) is 34.7 Å². The number of nitrogens with one attached hydrogen (secondary N) is 1. The second kappa shape index (κ2) is 9.28. The van der Waals surface area contributed by atoms with Crippen LogP contribution in [0, 0.1) is 21.4 Å². The number of carbonyl (C=O) groups excluding carboxylic acids is 1. The molecule has 0 spiro atoms. The van der Waals surface area contributed by atoms with Gasteiger partial charge >= 0.3 is 0 Å². The normalized spacial score (nSPS) is 10.9. The SMILES string of the molecule is CCOc1ccc(NC(=O)/C(C#N)=C\c2ccc(-c3cc([N+](=O)[O-])ccc3O)o2)cc1. The number of ether oxygens (including phenoxy) is 1. The minimum atomic E-state index is -0.636. The number of hydrogen-bond acceptors (Lipinski definition) is 7. The molecular formula is C22H17N3O6.